The highest BCUT2D eigenvalue weighted by Gasteiger charge is 2.22. The number of amides is 1. The molecule has 0 radical (unpaired) electrons. The van der Waals surface area contributed by atoms with Gasteiger partial charge in [0, 0.05) is 25.0 Å². The van der Waals surface area contributed by atoms with E-state index in [0.29, 0.717) is 11.1 Å². The molecule has 1 unspecified atom stereocenters. The summed E-state index contributed by atoms with van der Waals surface area (Å²) in [4.78, 5) is 18.4. The molecule has 0 saturated carbocycles. The summed E-state index contributed by atoms with van der Waals surface area (Å²) < 4.78 is 0. The minimum Gasteiger partial charge on any atom is -0.348 e. The molecule has 5 heteroatoms. The lowest BCUT2D eigenvalue weighted by Gasteiger charge is -2.13. The van der Waals surface area contributed by atoms with Crippen LogP contribution < -0.4 is 11.1 Å². The van der Waals surface area contributed by atoms with Gasteiger partial charge in [0.2, 0.25) is 0 Å². The lowest BCUT2D eigenvalue weighted by atomic mass is 10.1. The SMILES string of the molecule is CN1CCC(NC(=O)c2ccncc2C#CCN)C1. The van der Waals surface area contributed by atoms with Crippen molar-refractivity contribution in [3.63, 3.8) is 0 Å². The van der Waals surface area contributed by atoms with Gasteiger partial charge in [-0.1, -0.05) is 11.8 Å². The monoisotopic (exact) mass is 258 g/mol. The maximum Gasteiger partial charge on any atom is 0.252 e. The fourth-order valence-electron chi connectivity index (χ4n) is 2.15. The molecule has 1 atom stereocenters. The first-order valence-corrected chi connectivity index (χ1v) is 6.33. The lowest BCUT2D eigenvalue weighted by molar-refractivity contribution is 0.0938. The van der Waals surface area contributed by atoms with Crippen LogP contribution in [0.25, 0.3) is 0 Å². The summed E-state index contributed by atoms with van der Waals surface area (Å²) in [6.45, 7) is 2.17. The number of nitrogens with one attached hydrogen (secondary N) is 1. The van der Waals surface area contributed by atoms with Crippen LogP contribution in [0.2, 0.25) is 0 Å². The zero-order valence-corrected chi connectivity index (χ0v) is 11.0. The minimum atomic E-state index is -0.0935. The predicted octanol–water partition coefficient (Wildman–Crippen LogP) is -0.174. The first kappa shape index (κ1) is 13.5. The number of likely N-dealkylation sites (tertiary alicyclic amines) is 1. The number of carbonyl (C=O) groups excluding carboxylic acids is 1. The Kier molecular flexibility index (Phi) is 4.50. The Morgan fingerprint density at radius 1 is 1.68 bits per heavy atom. The molecule has 2 heterocycles. The maximum absolute atomic E-state index is 12.2. The maximum atomic E-state index is 12.2. The number of nitrogens with two attached hydrogens (primary N) is 1. The van der Waals surface area contributed by atoms with E-state index in [4.69, 9.17) is 5.73 Å². The number of carbonyl (C=O) groups is 1. The van der Waals surface area contributed by atoms with Gasteiger partial charge in [-0.2, -0.15) is 0 Å². The minimum absolute atomic E-state index is 0.0935. The van der Waals surface area contributed by atoms with Crippen molar-refractivity contribution in [1.82, 2.24) is 15.2 Å². The molecule has 3 N–H and O–H groups in total. The Morgan fingerprint density at radius 3 is 3.21 bits per heavy atom. The zero-order valence-electron chi connectivity index (χ0n) is 11.0. The number of rotatable bonds is 2. The van der Waals surface area contributed by atoms with Crippen LogP contribution in [0.3, 0.4) is 0 Å². The molecular weight excluding hydrogens is 240 g/mol. The Labute approximate surface area is 113 Å². The topological polar surface area (TPSA) is 71.2 Å². The van der Waals surface area contributed by atoms with Crippen LogP contribution in [0.5, 0.6) is 0 Å². The summed E-state index contributed by atoms with van der Waals surface area (Å²) in [6.07, 6.45) is 4.18. The van der Waals surface area contributed by atoms with Crippen LogP contribution in [0.15, 0.2) is 18.5 Å². The number of pyridine rings is 1. The summed E-state index contributed by atoms with van der Waals surface area (Å²) in [6, 6.07) is 1.90. The van der Waals surface area contributed by atoms with Gasteiger partial charge < -0.3 is 16.0 Å². The number of nitrogens with zero attached hydrogens (tertiary/aromatic N) is 2. The smallest absolute Gasteiger partial charge is 0.252 e. The van der Waals surface area contributed by atoms with Gasteiger partial charge in [-0.05, 0) is 26.1 Å². The molecule has 1 aromatic rings. The third-order valence-corrected chi connectivity index (χ3v) is 3.12. The zero-order chi connectivity index (χ0) is 13.7. The van der Waals surface area contributed by atoms with E-state index < -0.39 is 0 Å². The molecule has 1 fully saturated rings. The van der Waals surface area contributed by atoms with Crippen LogP contribution in [0.4, 0.5) is 0 Å². The second kappa shape index (κ2) is 6.32. The molecule has 0 bridgehead atoms. The summed E-state index contributed by atoms with van der Waals surface area (Å²) in [5.74, 6) is 5.54. The fourth-order valence-corrected chi connectivity index (χ4v) is 2.15. The number of hydrogen-bond donors (Lipinski definition) is 2. The average Bonchev–Trinajstić information content (AvgIpc) is 2.82. The Bertz CT molecular complexity index is 518. The highest BCUT2D eigenvalue weighted by atomic mass is 16.1. The van der Waals surface area contributed by atoms with Gasteiger partial charge in [0.15, 0.2) is 0 Å². The van der Waals surface area contributed by atoms with Gasteiger partial charge in [0.05, 0.1) is 17.7 Å². The Balaban J connectivity index is 2.10. The molecule has 1 aromatic heterocycles. The molecule has 0 aromatic carbocycles. The summed E-state index contributed by atoms with van der Waals surface area (Å²) in [7, 11) is 2.05. The van der Waals surface area contributed by atoms with E-state index in [1.165, 1.54) is 0 Å². The fraction of sp³-hybridized carbons (Fsp3) is 0.429. The molecule has 5 nitrogen and oxygen atoms in total. The average molecular weight is 258 g/mol. The predicted molar refractivity (Wildman–Crippen MR) is 73.5 cm³/mol. The van der Waals surface area contributed by atoms with Gasteiger partial charge >= 0.3 is 0 Å². The van der Waals surface area contributed by atoms with Crippen molar-refractivity contribution in [3.05, 3.63) is 29.6 Å². The van der Waals surface area contributed by atoms with Crippen LogP contribution >= 0.6 is 0 Å². The molecule has 2 rings (SSSR count). The number of hydrogen-bond acceptors (Lipinski definition) is 4. The van der Waals surface area contributed by atoms with E-state index in [0.717, 1.165) is 19.5 Å². The molecule has 19 heavy (non-hydrogen) atoms. The molecule has 1 saturated heterocycles. The van der Waals surface area contributed by atoms with Crippen LogP contribution in [0.1, 0.15) is 22.3 Å². The van der Waals surface area contributed by atoms with Crippen LogP contribution in [-0.4, -0.2) is 48.5 Å². The van der Waals surface area contributed by atoms with E-state index >= 15 is 0 Å². The molecular formula is C14H18N4O. The van der Waals surface area contributed by atoms with Gasteiger partial charge in [-0.25, -0.2) is 0 Å². The second-order valence-corrected chi connectivity index (χ2v) is 4.65. The van der Waals surface area contributed by atoms with Crippen LogP contribution in [-0.2, 0) is 0 Å². The molecule has 100 valence electrons. The third-order valence-electron chi connectivity index (χ3n) is 3.12. The van der Waals surface area contributed by atoms with Gasteiger partial charge in [0.1, 0.15) is 0 Å². The molecule has 1 aliphatic heterocycles. The van der Waals surface area contributed by atoms with Gasteiger partial charge in [0.25, 0.3) is 5.91 Å². The van der Waals surface area contributed by atoms with E-state index in [1.54, 1.807) is 18.5 Å². The van der Waals surface area contributed by atoms with E-state index in [9.17, 15) is 4.79 Å². The highest BCUT2D eigenvalue weighted by Crippen LogP contribution is 2.10. The van der Waals surface area contributed by atoms with Gasteiger partial charge in [-0.15, -0.1) is 0 Å². The molecule has 1 amide bonds. The molecule has 0 aliphatic carbocycles. The first-order chi connectivity index (χ1) is 9.20. The van der Waals surface area contributed by atoms with Crippen molar-refractivity contribution in [1.29, 1.82) is 0 Å². The Morgan fingerprint density at radius 2 is 2.53 bits per heavy atom. The number of likely N-dealkylation sites (N-methyl/N-ethyl adjacent to an activating group) is 1. The van der Waals surface area contributed by atoms with Crippen molar-refractivity contribution in [2.24, 2.45) is 5.73 Å². The van der Waals surface area contributed by atoms with Crippen molar-refractivity contribution in [3.8, 4) is 11.8 Å². The largest absolute Gasteiger partial charge is 0.348 e. The van der Waals surface area contributed by atoms with Crippen molar-refractivity contribution < 1.29 is 4.79 Å². The molecule has 0 spiro atoms. The number of aromatic nitrogens is 1. The summed E-state index contributed by atoms with van der Waals surface area (Å²) in [5.41, 5.74) is 6.53. The van der Waals surface area contributed by atoms with Crippen molar-refractivity contribution in [2.45, 2.75) is 12.5 Å². The van der Waals surface area contributed by atoms with Crippen molar-refractivity contribution >= 4 is 5.91 Å². The van der Waals surface area contributed by atoms with Crippen molar-refractivity contribution in [2.75, 3.05) is 26.7 Å². The second-order valence-electron chi connectivity index (χ2n) is 4.65. The Hall–Kier alpha value is -1.90. The normalized spacial score (nSPS) is 18.7. The molecule has 1 aliphatic rings. The van der Waals surface area contributed by atoms with Gasteiger partial charge in [-0.3, -0.25) is 9.78 Å². The highest BCUT2D eigenvalue weighted by molar-refractivity contribution is 5.96. The third kappa shape index (κ3) is 3.53. The van der Waals surface area contributed by atoms with E-state index in [1.807, 2.05) is 0 Å². The van der Waals surface area contributed by atoms with Crippen LogP contribution in [0, 0.1) is 11.8 Å². The standard InChI is InChI=1S/C14H18N4O/c1-18-8-5-12(10-18)17-14(19)13-4-7-16-9-11(13)3-2-6-15/h4,7,9,12H,5-6,8,10,15H2,1H3,(H,17,19). The summed E-state index contributed by atoms with van der Waals surface area (Å²) in [5, 5.41) is 3.03. The summed E-state index contributed by atoms with van der Waals surface area (Å²) >= 11 is 0. The first-order valence-electron chi connectivity index (χ1n) is 6.33. The van der Waals surface area contributed by atoms with E-state index in [2.05, 4.69) is 34.1 Å². The van der Waals surface area contributed by atoms with E-state index in [-0.39, 0.29) is 18.5 Å². The quantitative estimate of drug-likeness (QED) is 0.722. The lowest BCUT2D eigenvalue weighted by Crippen LogP contribution is -2.36.